The van der Waals surface area contributed by atoms with Crippen molar-refractivity contribution in [1.82, 2.24) is 0 Å². The summed E-state index contributed by atoms with van der Waals surface area (Å²) in [5.74, 6) is -1.79. The lowest BCUT2D eigenvalue weighted by Gasteiger charge is -2.14. The summed E-state index contributed by atoms with van der Waals surface area (Å²) in [5.41, 5.74) is 2.69. The van der Waals surface area contributed by atoms with Gasteiger partial charge in [-0.1, -0.05) is 60.2 Å². The molecule has 0 fully saturated rings. The zero-order valence-corrected chi connectivity index (χ0v) is 18.3. The molecule has 6 heteroatoms. The van der Waals surface area contributed by atoms with Crippen molar-refractivity contribution in [2.45, 2.75) is 6.92 Å². The highest BCUT2D eigenvalue weighted by Crippen LogP contribution is 2.24. The van der Waals surface area contributed by atoms with Crippen LogP contribution in [0.25, 0.3) is 0 Å². The molecule has 0 atom stereocenters. The van der Waals surface area contributed by atoms with Gasteiger partial charge in [-0.15, -0.1) is 0 Å². The second-order valence-electron chi connectivity index (χ2n) is 7.71. The number of amides is 2. The molecule has 34 heavy (non-hydrogen) atoms. The van der Waals surface area contributed by atoms with E-state index in [1.54, 1.807) is 66.7 Å². The van der Waals surface area contributed by atoms with Crippen molar-refractivity contribution in [3.8, 4) is 0 Å². The van der Waals surface area contributed by atoms with Crippen molar-refractivity contribution in [3.05, 3.63) is 131 Å². The van der Waals surface area contributed by atoms with Gasteiger partial charge >= 0.3 is 0 Å². The molecule has 2 N–H and O–H groups in total. The van der Waals surface area contributed by atoms with Crippen LogP contribution in [0, 0.1) is 12.7 Å². The van der Waals surface area contributed by atoms with E-state index in [2.05, 4.69) is 10.6 Å². The van der Waals surface area contributed by atoms with Crippen molar-refractivity contribution in [3.63, 3.8) is 0 Å². The largest absolute Gasteiger partial charge is 0.321 e. The predicted molar refractivity (Wildman–Crippen MR) is 130 cm³/mol. The van der Waals surface area contributed by atoms with E-state index in [0.717, 1.165) is 11.6 Å². The molecular weight excluding hydrogens is 431 g/mol. The Balaban J connectivity index is 1.61. The molecule has 0 aliphatic rings. The van der Waals surface area contributed by atoms with Gasteiger partial charge in [-0.3, -0.25) is 14.4 Å². The Morgan fingerprint density at radius 2 is 1.26 bits per heavy atom. The maximum Gasteiger partial charge on any atom is 0.257 e. The molecule has 0 radical (unpaired) electrons. The molecule has 5 nitrogen and oxygen atoms in total. The molecule has 0 bridgehead atoms. The molecule has 0 unspecified atom stereocenters. The molecule has 168 valence electrons. The highest BCUT2D eigenvalue weighted by Gasteiger charge is 2.19. The fraction of sp³-hybridized carbons (Fsp3) is 0.0357. The Hall–Kier alpha value is -4.58. The van der Waals surface area contributed by atoms with E-state index in [-0.39, 0.29) is 22.6 Å². The number of aryl methyl sites for hydroxylation is 1. The van der Waals surface area contributed by atoms with Gasteiger partial charge in [0.05, 0.1) is 16.9 Å². The SMILES string of the molecule is Cc1ccc(NC(=O)c2ccccc2NC(=O)c2cccc(F)c2)c(C(=O)c2ccccc2)c1. The highest BCUT2D eigenvalue weighted by atomic mass is 19.1. The van der Waals surface area contributed by atoms with E-state index < -0.39 is 17.6 Å². The summed E-state index contributed by atoms with van der Waals surface area (Å²) in [6, 6.07) is 25.8. The van der Waals surface area contributed by atoms with Crippen molar-refractivity contribution < 1.29 is 18.8 Å². The van der Waals surface area contributed by atoms with Gasteiger partial charge in [-0.05, 0) is 49.4 Å². The van der Waals surface area contributed by atoms with E-state index >= 15 is 0 Å². The Morgan fingerprint density at radius 1 is 0.618 bits per heavy atom. The van der Waals surface area contributed by atoms with Crippen molar-refractivity contribution >= 4 is 29.0 Å². The van der Waals surface area contributed by atoms with Crippen LogP contribution in [0.3, 0.4) is 0 Å². The van der Waals surface area contributed by atoms with E-state index in [4.69, 9.17) is 0 Å². The molecule has 0 heterocycles. The Bertz CT molecular complexity index is 1380. The fourth-order valence-electron chi connectivity index (χ4n) is 3.50. The summed E-state index contributed by atoms with van der Waals surface area (Å²) in [6.07, 6.45) is 0. The smallest absolute Gasteiger partial charge is 0.257 e. The van der Waals surface area contributed by atoms with E-state index in [9.17, 15) is 18.8 Å². The average Bonchev–Trinajstić information content (AvgIpc) is 2.85. The van der Waals surface area contributed by atoms with Crippen LogP contribution in [0.15, 0.2) is 97.1 Å². The normalized spacial score (nSPS) is 10.4. The molecule has 0 saturated carbocycles. The first-order chi connectivity index (χ1) is 16.4. The van der Waals surface area contributed by atoms with Gasteiger partial charge < -0.3 is 10.6 Å². The first kappa shape index (κ1) is 22.6. The highest BCUT2D eigenvalue weighted by molar-refractivity contribution is 6.17. The minimum absolute atomic E-state index is 0.129. The van der Waals surface area contributed by atoms with Gasteiger partial charge in [-0.2, -0.15) is 0 Å². The molecule has 0 aliphatic carbocycles. The van der Waals surface area contributed by atoms with E-state index in [0.29, 0.717) is 16.8 Å². The lowest BCUT2D eigenvalue weighted by atomic mass is 9.99. The zero-order chi connectivity index (χ0) is 24.1. The maximum atomic E-state index is 13.5. The number of ketones is 1. The zero-order valence-electron chi connectivity index (χ0n) is 18.3. The summed E-state index contributed by atoms with van der Waals surface area (Å²) >= 11 is 0. The number of nitrogens with one attached hydrogen (secondary N) is 2. The number of anilines is 2. The topological polar surface area (TPSA) is 75.3 Å². The average molecular weight is 452 g/mol. The first-order valence-corrected chi connectivity index (χ1v) is 10.6. The summed E-state index contributed by atoms with van der Waals surface area (Å²) in [7, 11) is 0. The van der Waals surface area contributed by atoms with E-state index in [1.165, 1.54) is 18.2 Å². The molecule has 4 aromatic rings. The number of benzene rings is 4. The number of para-hydroxylation sites is 1. The van der Waals surface area contributed by atoms with Crippen molar-refractivity contribution in [2.24, 2.45) is 0 Å². The number of rotatable bonds is 6. The van der Waals surface area contributed by atoms with Gasteiger partial charge in [0, 0.05) is 16.7 Å². The van der Waals surface area contributed by atoms with Crippen LogP contribution in [0.2, 0.25) is 0 Å². The first-order valence-electron chi connectivity index (χ1n) is 10.6. The molecular formula is C28H21FN2O3. The second kappa shape index (κ2) is 9.92. The predicted octanol–water partition coefficient (Wildman–Crippen LogP) is 5.87. The number of halogens is 1. The standard InChI is InChI=1S/C28H21FN2O3/c1-18-14-15-25(23(16-18)26(32)19-8-3-2-4-9-19)31-28(34)22-12-5-6-13-24(22)30-27(33)20-10-7-11-21(29)17-20/h2-17H,1H3,(H,30,33)(H,31,34). The van der Waals surface area contributed by atoms with Crippen LogP contribution in [0.5, 0.6) is 0 Å². The molecule has 0 aliphatic heterocycles. The summed E-state index contributed by atoms with van der Waals surface area (Å²) < 4.78 is 13.5. The third-order valence-electron chi connectivity index (χ3n) is 5.21. The quantitative estimate of drug-likeness (QED) is 0.359. The molecule has 0 spiro atoms. The fourth-order valence-corrected chi connectivity index (χ4v) is 3.50. The van der Waals surface area contributed by atoms with Crippen molar-refractivity contribution in [1.29, 1.82) is 0 Å². The molecule has 4 aromatic carbocycles. The number of hydrogen-bond donors (Lipinski definition) is 2. The third-order valence-corrected chi connectivity index (χ3v) is 5.21. The van der Waals surface area contributed by atoms with Crippen LogP contribution < -0.4 is 10.6 Å². The third kappa shape index (κ3) is 5.07. The molecule has 4 rings (SSSR count). The minimum atomic E-state index is -0.546. The van der Waals surface area contributed by atoms with Crippen LogP contribution in [0.4, 0.5) is 15.8 Å². The monoisotopic (exact) mass is 452 g/mol. The van der Waals surface area contributed by atoms with Crippen LogP contribution in [-0.4, -0.2) is 17.6 Å². The van der Waals surface area contributed by atoms with Crippen LogP contribution in [-0.2, 0) is 0 Å². The second-order valence-corrected chi connectivity index (χ2v) is 7.71. The van der Waals surface area contributed by atoms with Crippen LogP contribution >= 0.6 is 0 Å². The lowest BCUT2D eigenvalue weighted by Crippen LogP contribution is -2.19. The maximum absolute atomic E-state index is 13.5. The summed E-state index contributed by atoms with van der Waals surface area (Å²) in [4.78, 5) is 38.8. The van der Waals surface area contributed by atoms with Gasteiger partial charge in [0.1, 0.15) is 5.82 Å². The van der Waals surface area contributed by atoms with Gasteiger partial charge in [-0.25, -0.2) is 4.39 Å². The van der Waals surface area contributed by atoms with Crippen molar-refractivity contribution in [2.75, 3.05) is 10.6 Å². The lowest BCUT2D eigenvalue weighted by molar-refractivity contribution is 0.102. The Labute approximate surface area is 196 Å². The number of carbonyl (C=O) groups is 3. The van der Waals surface area contributed by atoms with Crippen LogP contribution in [0.1, 0.15) is 42.2 Å². The Morgan fingerprint density at radius 3 is 2.03 bits per heavy atom. The van der Waals surface area contributed by atoms with E-state index in [1.807, 2.05) is 13.0 Å². The van der Waals surface area contributed by atoms with Gasteiger partial charge in [0.25, 0.3) is 11.8 Å². The molecule has 0 saturated heterocycles. The summed E-state index contributed by atoms with van der Waals surface area (Å²) in [5, 5.41) is 5.46. The molecule has 0 aromatic heterocycles. The Kier molecular flexibility index (Phi) is 6.59. The number of carbonyl (C=O) groups excluding carboxylic acids is 3. The number of hydrogen-bond acceptors (Lipinski definition) is 3. The van der Waals surface area contributed by atoms with Gasteiger partial charge in [0.15, 0.2) is 5.78 Å². The van der Waals surface area contributed by atoms with Gasteiger partial charge in [0.2, 0.25) is 0 Å². The molecule has 2 amide bonds. The minimum Gasteiger partial charge on any atom is -0.321 e. The summed E-state index contributed by atoms with van der Waals surface area (Å²) in [6.45, 7) is 1.87.